The molecule has 0 spiro atoms. The molecule has 1 aromatic carbocycles. The first-order valence-corrected chi connectivity index (χ1v) is 9.42. The van der Waals surface area contributed by atoms with E-state index in [9.17, 15) is 9.59 Å². The molecule has 1 fully saturated rings. The monoisotopic (exact) mass is 378 g/mol. The van der Waals surface area contributed by atoms with Gasteiger partial charge in [0.25, 0.3) is 5.91 Å². The summed E-state index contributed by atoms with van der Waals surface area (Å²) in [6.07, 6.45) is 7.58. The molecule has 3 aromatic rings. The van der Waals surface area contributed by atoms with Crippen LogP contribution in [-0.2, 0) is 11.3 Å². The van der Waals surface area contributed by atoms with Gasteiger partial charge in [0.15, 0.2) is 5.76 Å². The van der Waals surface area contributed by atoms with Crippen molar-refractivity contribution >= 4 is 17.5 Å². The summed E-state index contributed by atoms with van der Waals surface area (Å²) in [7, 11) is 0. The normalized spacial score (nSPS) is 16.7. The fraction of sp³-hybridized carbons (Fsp3) is 0.286. The third kappa shape index (κ3) is 3.98. The van der Waals surface area contributed by atoms with E-state index in [2.05, 4.69) is 10.4 Å². The van der Waals surface area contributed by atoms with Crippen LogP contribution in [0.1, 0.15) is 35.4 Å². The highest BCUT2D eigenvalue weighted by Crippen LogP contribution is 2.22. The molecule has 0 saturated carbocycles. The molecule has 0 radical (unpaired) electrons. The highest BCUT2D eigenvalue weighted by Gasteiger charge is 2.33. The summed E-state index contributed by atoms with van der Waals surface area (Å²) < 4.78 is 7.06. The van der Waals surface area contributed by atoms with Gasteiger partial charge in [-0.15, -0.1) is 0 Å². The van der Waals surface area contributed by atoms with Crippen molar-refractivity contribution in [3.05, 3.63) is 72.4 Å². The van der Waals surface area contributed by atoms with E-state index in [4.69, 9.17) is 4.42 Å². The minimum absolute atomic E-state index is 0.167. The summed E-state index contributed by atoms with van der Waals surface area (Å²) in [5.41, 5.74) is 1.80. The first-order valence-electron chi connectivity index (χ1n) is 9.42. The lowest BCUT2D eigenvalue weighted by atomic mass is 10.0. The van der Waals surface area contributed by atoms with Gasteiger partial charge in [0.1, 0.15) is 6.04 Å². The molecule has 1 N–H and O–H groups in total. The van der Waals surface area contributed by atoms with Crippen molar-refractivity contribution in [3.8, 4) is 0 Å². The lowest BCUT2D eigenvalue weighted by Gasteiger charge is -2.34. The van der Waals surface area contributed by atoms with Crippen LogP contribution in [0.3, 0.4) is 0 Å². The molecule has 28 heavy (non-hydrogen) atoms. The number of likely N-dealkylation sites (tertiary alicyclic amines) is 1. The second-order valence-electron chi connectivity index (χ2n) is 6.88. The zero-order valence-corrected chi connectivity index (χ0v) is 15.5. The van der Waals surface area contributed by atoms with Crippen molar-refractivity contribution in [2.24, 2.45) is 0 Å². The van der Waals surface area contributed by atoms with Crippen molar-refractivity contribution in [2.75, 3.05) is 11.9 Å². The van der Waals surface area contributed by atoms with Crippen LogP contribution in [0.4, 0.5) is 5.69 Å². The summed E-state index contributed by atoms with van der Waals surface area (Å²) in [5, 5.41) is 7.13. The quantitative estimate of drug-likeness (QED) is 0.740. The molecule has 0 aliphatic carbocycles. The fourth-order valence-corrected chi connectivity index (χ4v) is 3.49. The van der Waals surface area contributed by atoms with Gasteiger partial charge in [-0.25, -0.2) is 0 Å². The van der Waals surface area contributed by atoms with Gasteiger partial charge >= 0.3 is 0 Å². The van der Waals surface area contributed by atoms with Gasteiger partial charge in [0.05, 0.1) is 12.8 Å². The zero-order chi connectivity index (χ0) is 19.3. The van der Waals surface area contributed by atoms with E-state index in [1.54, 1.807) is 23.2 Å². The predicted octanol–water partition coefficient (Wildman–Crippen LogP) is 3.16. The van der Waals surface area contributed by atoms with E-state index < -0.39 is 6.04 Å². The van der Waals surface area contributed by atoms with E-state index in [0.29, 0.717) is 25.2 Å². The number of nitrogens with zero attached hydrogens (tertiary/aromatic N) is 3. The maximum atomic E-state index is 12.8. The molecule has 2 aromatic heterocycles. The van der Waals surface area contributed by atoms with Gasteiger partial charge in [0.2, 0.25) is 5.91 Å². The van der Waals surface area contributed by atoms with Crippen LogP contribution in [0, 0.1) is 0 Å². The molecule has 1 aliphatic rings. The van der Waals surface area contributed by atoms with Crippen LogP contribution in [0.5, 0.6) is 0 Å². The number of carbonyl (C=O) groups is 2. The van der Waals surface area contributed by atoms with E-state index in [1.807, 2.05) is 41.2 Å². The number of aromatic nitrogens is 2. The summed E-state index contributed by atoms with van der Waals surface area (Å²) >= 11 is 0. The largest absolute Gasteiger partial charge is 0.459 e. The second kappa shape index (κ2) is 8.12. The number of hydrogen-bond donors (Lipinski definition) is 1. The van der Waals surface area contributed by atoms with Crippen LogP contribution in [0.25, 0.3) is 0 Å². The fourth-order valence-electron chi connectivity index (χ4n) is 3.49. The number of carbonyl (C=O) groups excluding carboxylic acids is 2. The van der Waals surface area contributed by atoms with Gasteiger partial charge in [-0.05, 0) is 55.2 Å². The van der Waals surface area contributed by atoms with Crippen LogP contribution in [0.2, 0.25) is 0 Å². The number of furan rings is 1. The van der Waals surface area contributed by atoms with Gasteiger partial charge in [-0.2, -0.15) is 5.10 Å². The van der Waals surface area contributed by atoms with Crippen LogP contribution < -0.4 is 5.32 Å². The Kier molecular flexibility index (Phi) is 5.23. The number of hydrogen-bond acceptors (Lipinski definition) is 4. The minimum Gasteiger partial charge on any atom is -0.459 e. The first kappa shape index (κ1) is 18.0. The van der Waals surface area contributed by atoms with E-state index in [1.165, 1.54) is 6.26 Å². The average molecular weight is 378 g/mol. The van der Waals surface area contributed by atoms with E-state index in [-0.39, 0.29) is 17.6 Å². The SMILES string of the molecule is O=C(Nc1ccc(Cn2cccn2)cc1)C1CCCCN1C(=O)c1ccco1. The summed E-state index contributed by atoms with van der Waals surface area (Å²) in [6.45, 7) is 1.23. The summed E-state index contributed by atoms with van der Waals surface area (Å²) in [5.74, 6) is -0.137. The average Bonchev–Trinajstić information content (AvgIpc) is 3.43. The molecule has 1 aliphatic heterocycles. The molecule has 4 rings (SSSR count). The van der Waals surface area contributed by atoms with Gasteiger partial charge < -0.3 is 14.6 Å². The highest BCUT2D eigenvalue weighted by molar-refractivity contribution is 6.00. The maximum Gasteiger partial charge on any atom is 0.290 e. The topological polar surface area (TPSA) is 80.4 Å². The number of anilines is 1. The number of piperidine rings is 1. The Bertz CT molecular complexity index is 917. The number of rotatable bonds is 5. The smallest absolute Gasteiger partial charge is 0.290 e. The molecule has 2 amide bonds. The molecular weight excluding hydrogens is 356 g/mol. The van der Waals surface area contributed by atoms with Crippen LogP contribution >= 0.6 is 0 Å². The van der Waals surface area contributed by atoms with Gasteiger partial charge in [0, 0.05) is 24.6 Å². The summed E-state index contributed by atoms with van der Waals surface area (Å²) in [6, 6.07) is 12.4. The minimum atomic E-state index is -0.491. The number of nitrogens with one attached hydrogen (secondary N) is 1. The van der Waals surface area contributed by atoms with Gasteiger partial charge in [-0.3, -0.25) is 14.3 Å². The van der Waals surface area contributed by atoms with Crippen molar-refractivity contribution in [3.63, 3.8) is 0 Å². The molecule has 0 bridgehead atoms. The number of amides is 2. The Labute approximate surface area is 162 Å². The third-order valence-corrected chi connectivity index (χ3v) is 4.92. The predicted molar refractivity (Wildman–Crippen MR) is 104 cm³/mol. The van der Waals surface area contributed by atoms with Crippen LogP contribution in [0.15, 0.2) is 65.5 Å². The Morgan fingerprint density at radius 3 is 2.71 bits per heavy atom. The lowest BCUT2D eigenvalue weighted by molar-refractivity contribution is -0.121. The molecule has 1 unspecified atom stereocenters. The van der Waals surface area contributed by atoms with Gasteiger partial charge in [-0.1, -0.05) is 12.1 Å². The highest BCUT2D eigenvalue weighted by atomic mass is 16.3. The Balaban J connectivity index is 1.42. The van der Waals surface area contributed by atoms with Crippen LogP contribution in [-0.4, -0.2) is 39.1 Å². The Hall–Kier alpha value is -3.35. The molecule has 7 nitrogen and oxygen atoms in total. The zero-order valence-electron chi connectivity index (χ0n) is 15.5. The van der Waals surface area contributed by atoms with Crippen molar-refractivity contribution in [2.45, 2.75) is 31.8 Å². The van der Waals surface area contributed by atoms with Crippen molar-refractivity contribution < 1.29 is 14.0 Å². The third-order valence-electron chi connectivity index (χ3n) is 4.92. The second-order valence-corrected chi connectivity index (χ2v) is 6.88. The Morgan fingerprint density at radius 2 is 2.00 bits per heavy atom. The standard InChI is InChI=1S/C21H22N4O3/c26-20(18-5-1-2-13-25(18)21(27)19-6-3-14-28-19)23-17-9-7-16(8-10-17)15-24-12-4-11-22-24/h3-4,6-12,14,18H,1-2,5,13,15H2,(H,23,26). The van der Waals surface area contributed by atoms with Crippen molar-refractivity contribution in [1.29, 1.82) is 0 Å². The van der Waals surface area contributed by atoms with E-state index >= 15 is 0 Å². The lowest BCUT2D eigenvalue weighted by Crippen LogP contribution is -2.49. The molecule has 3 heterocycles. The number of benzene rings is 1. The molecule has 7 heteroatoms. The molecule has 1 atom stereocenters. The first-order chi connectivity index (χ1) is 13.7. The Morgan fingerprint density at radius 1 is 1.14 bits per heavy atom. The molecular formula is C21H22N4O3. The summed E-state index contributed by atoms with van der Waals surface area (Å²) in [4.78, 5) is 27.1. The molecule has 144 valence electrons. The van der Waals surface area contributed by atoms with E-state index in [0.717, 1.165) is 18.4 Å². The maximum absolute atomic E-state index is 12.8. The van der Waals surface area contributed by atoms with Crippen molar-refractivity contribution in [1.82, 2.24) is 14.7 Å². The molecule has 1 saturated heterocycles.